The summed E-state index contributed by atoms with van der Waals surface area (Å²) in [6.45, 7) is 8.10. The predicted molar refractivity (Wildman–Crippen MR) is 103 cm³/mol. The molecule has 0 spiro atoms. The zero-order valence-corrected chi connectivity index (χ0v) is 17.4. The fraction of sp³-hybridized carbons (Fsp3) is 0.611. The number of hydrogen-bond acceptors (Lipinski definition) is 4. The Morgan fingerprint density at radius 1 is 1.19 bits per heavy atom. The Morgan fingerprint density at radius 3 is 2.33 bits per heavy atom. The summed E-state index contributed by atoms with van der Waals surface area (Å²) in [4.78, 5) is 16.8. The maximum atomic E-state index is 13.3. The molecule has 27 heavy (non-hydrogen) atoms. The van der Waals surface area contributed by atoms with Gasteiger partial charge in [-0.3, -0.25) is 0 Å². The summed E-state index contributed by atoms with van der Waals surface area (Å²) in [6, 6.07) is 5.80. The molecule has 0 unspecified atom stereocenters. The van der Waals surface area contributed by atoms with E-state index in [2.05, 4.69) is 0 Å². The molecular weight excluding hydrogens is 390 g/mol. The largest absolute Gasteiger partial charge is 0.378 e. The second-order valence-electron chi connectivity index (χ2n) is 7.32. The van der Waals surface area contributed by atoms with Crippen molar-refractivity contribution in [1.29, 1.82) is 0 Å². The second-order valence-corrected chi connectivity index (χ2v) is 9.65. The third-order valence-corrected chi connectivity index (χ3v) is 7.12. The van der Waals surface area contributed by atoms with Crippen LogP contribution in [0.3, 0.4) is 0 Å². The standard InChI is InChI=1S/C18H26ClN3O4S/c1-13(2)17-21(27(24,25)16-6-4-15(19)5-7-16)12-14(3)22(17)18(23)20-8-10-26-11-9-20/h4-7,13-14,17H,8-12H2,1-3H3/t14-,17-/m0/s1. The molecule has 2 heterocycles. The first-order valence-electron chi connectivity index (χ1n) is 9.16. The lowest BCUT2D eigenvalue weighted by atomic mass is 10.1. The molecule has 0 N–H and O–H groups in total. The summed E-state index contributed by atoms with van der Waals surface area (Å²) >= 11 is 5.90. The van der Waals surface area contributed by atoms with Crippen LogP contribution in [-0.4, -0.2) is 73.6 Å². The van der Waals surface area contributed by atoms with Crippen molar-refractivity contribution in [1.82, 2.24) is 14.1 Å². The van der Waals surface area contributed by atoms with Gasteiger partial charge in [0.2, 0.25) is 10.0 Å². The van der Waals surface area contributed by atoms with Gasteiger partial charge in [-0.15, -0.1) is 0 Å². The van der Waals surface area contributed by atoms with Gasteiger partial charge in [-0.2, -0.15) is 4.31 Å². The Hall–Kier alpha value is -1.35. The molecule has 2 aliphatic heterocycles. The molecule has 3 rings (SSSR count). The average molecular weight is 416 g/mol. The van der Waals surface area contributed by atoms with E-state index in [9.17, 15) is 13.2 Å². The minimum Gasteiger partial charge on any atom is -0.378 e. The number of halogens is 1. The summed E-state index contributed by atoms with van der Waals surface area (Å²) in [7, 11) is -3.74. The lowest BCUT2D eigenvalue weighted by Crippen LogP contribution is -2.55. The summed E-state index contributed by atoms with van der Waals surface area (Å²) in [5.41, 5.74) is 0. The van der Waals surface area contributed by atoms with E-state index < -0.39 is 16.2 Å². The van der Waals surface area contributed by atoms with Crippen LogP contribution in [0.25, 0.3) is 0 Å². The fourth-order valence-corrected chi connectivity index (χ4v) is 5.63. The van der Waals surface area contributed by atoms with Gasteiger partial charge in [0, 0.05) is 30.7 Å². The summed E-state index contributed by atoms with van der Waals surface area (Å²) in [5, 5.41) is 0.480. The second kappa shape index (κ2) is 7.95. The van der Waals surface area contributed by atoms with Gasteiger partial charge in [0.15, 0.2) is 0 Å². The van der Waals surface area contributed by atoms with Crippen molar-refractivity contribution in [2.45, 2.75) is 37.9 Å². The van der Waals surface area contributed by atoms with E-state index in [0.717, 1.165) is 0 Å². The highest BCUT2D eigenvalue weighted by Crippen LogP contribution is 2.33. The normalized spacial score (nSPS) is 24.6. The zero-order chi connectivity index (χ0) is 19.8. The van der Waals surface area contributed by atoms with Gasteiger partial charge in [-0.25, -0.2) is 13.2 Å². The van der Waals surface area contributed by atoms with Crippen LogP contribution in [0, 0.1) is 5.92 Å². The number of urea groups is 1. The molecule has 1 aromatic carbocycles. The number of carbonyl (C=O) groups excluding carboxylic acids is 1. The van der Waals surface area contributed by atoms with Gasteiger partial charge in [0.05, 0.1) is 18.1 Å². The molecule has 7 nitrogen and oxygen atoms in total. The highest BCUT2D eigenvalue weighted by atomic mass is 35.5. The third-order valence-electron chi connectivity index (χ3n) is 5.02. The van der Waals surface area contributed by atoms with Crippen LogP contribution in [0.1, 0.15) is 20.8 Å². The number of carbonyl (C=O) groups is 1. The molecule has 0 aromatic heterocycles. The maximum absolute atomic E-state index is 13.3. The molecule has 2 atom stereocenters. The van der Waals surface area contributed by atoms with Crippen molar-refractivity contribution in [2.24, 2.45) is 5.92 Å². The van der Waals surface area contributed by atoms with E-state index in [1.165, 1.54) is 16.4 Å². The van der Waals surface area contributed by atoms with E-state index in [-0.39, 0.29) is 29.4 Å². The van der Waals surface area contributed by atoms with Gasteiger partial charge < -0.3 is 14.5 Å². The highest BCUT2D eigenvalue weighted by Gasteiger charge is 2.48. The van der Waals surface area contributed by atoms with E-state index in [4.69, 9.17) is 16.3 Å². The molecule has 0 aliphatic carbocycles. The Bertz CT molecular complexity index is 778. The molecule has 2 amide bonds. The van der Waals surface area contributed by atoms with E-state index in [1.54, 1.807) is 21.9 Å². The number of amides is 2. The number of nitrogens with zero attached hydrogens (tertiary/aromatic N) is 3. The molecule has 0 saturated carbocycles. The van der Waals surface area contributed by atoms with Gasteiger partial charge >= 0.3 is 6.03 Å². The number of benzene rings is 1. The number of sulfonamides is 1. The number of morpholine rings is 1. The minimum absolute atomic E-state index is 0.0537. The first kappa shape index (κ1) is 20.4. The number of ether oxygens (including phenoxy) is 1. The SMILES string of the molecule is CC(C)[C@@H]1N(C(=O)N2CCOCC2)[C@@H](C)CN1S(=O)(=O)c1ccc(Cl)cc1. The van der Waals surface area contributed by atoms with Crippen molar-refractivity contribution < 1.29 is 17.9 Å². The zero-order valence-electron chi connectivity index (χ0n) is 15.8. The van der Waals surface area contributed by atoms with Crippen molar-refractivity contribution in [2.75, 3.05) is 32.8 Å². The van der Waals surface area contributed by atoms with Crippen molar-refractivity contribution >= 4 is 27.7 Å². The number of rotatable bonds is 3. The molecule has 2 fully saturated rings. The van der Waals surface area contributed by atoms with E-state index in [1.807, 2.05) is 20.8 Å². The topological polar surface area (TPSA) is 70.2 Å². The van der Waals surface area contributed by atoms with E-state index in [0.29, 0.717) is 31.3 Å². The third kappa shape index (κ3) is 3.94. The Morgan fingerprint density at radius 2 is 1.78 bits per heavy atom. The van der Waals surface area contributed by atoms with Crippen molar-refractivity contribution in [3.05, 3.63) is 29.3 Å². The van der Waals surface area contributed by atoms with Crippen LogP contribution in [0.15, 0.2) is 29.2 Å². The summed E-state index contributed by atoms with van der Waals surface area (Å²) < 4.78 is 33.3. The lowest BCUT2D eigenvalue weighted by molar-refractivity contribution is 0.0334. The minimum atomic E-state index is -3.74. The summed E-state index contributed by atoms with van der Waals surface area (Å²) in [5.74, 6) is -0.0537. The van der Waals surface area contributed by atoms with Crippen LogP contribution in [0.2, 0.25) is 5.02 Å². The van der Waals surface area contributed by atoms with Crippen LogP contribution >= 0.6 is 11.6 Å². The molecule has 2 aliphatic rings. The Balaban J connectivity index is 1.92. The molecule has 150 valence electrons. The smallest absolute Gasteiger partial charge is 0.321 e. The van der Waals surface area contributed by atoms with Crippen LogP contribution in [-0.2, 0) is 14.8 Å². The van der Waals surface area contributed by atoms with Crippen LogP contribution in [0.5, 0.6) is 0 Å². The first-order chi connectivity index (χ1) is 12.7. The molecular formula is C18H26ClN3O4S. The lowest BCUT2D eigenvalue weighted by Gasteiger charge is -2.38. The van der Waals surface area contributed by atoms with Gasteiger partial charge in [0.1, 0.15) is 6.17 Å². The van der Waals surface area contributed by atoms with Crippen molar-refractivity contribution in [3.8, 4) is 0 Å². The number of hydrogen-bond donors (Lipinski definition) is 0. The van der Waals surface area contributed by atoms with Crippen molar-refractivity contribution in [3.63, 3.8) is 0 Å². The summed E-state index contributed by atoms with van der Waals surface area (Å²) in [6.07, 6.45) is -0.531. The maximum Gasteiger partial charge on any atom is 0.321 e. The first-order valence-corrected chi connectivity index (χ1v) is 11.0. The Kier molecular flexibility index (Phi) is 6.00. The van der Waals surface area contributed by atoms with Crippen LogP contribution < -0.4 is 0 Å². The van der Waals surface area contributed by atoms with Crippen LogP contribution in [0.4, 0.5) is 4.79 Å². The van der Waals surface area contributed by atoms with Gasteiger partial charge in [-0.1, -0.05) is 25.4 Å². The monoisotopic (exact) mass is 415 g/mol. The van der Waals surface area contributed by atoms with E-state index >= 15 is 0 Å². The molecule has 0 bridgehead atoms. The molecule has 9 heteroatoms. The van der Waals surface area contributed by atoms with Gasteiger partial charge in [0.25, 0.3) is 0 Å². The van der Waals surface area contributed by atoms with Gasteiger partial charge in [-0.05, 0) is 37.1 Å². The molecule has 1 aromatic rings. The Labute approximate surface area is 165 Å². The fourth-order valence-electron chi connectivity index (χ4n) is 3.71. The molecule has 0 radical (unpaired) electrons. The highest BCUT2D eigenvalue weighted by molar-refractivity contribution is 7.89. The predicted octanol–water partition coefficient (Wildman–Crippen LogP) is 2.47. The molecule has 2 saturated heterocycles. The average Bonchev–Trinajstić information content (AvgIpc) is 3.00. The quantitative estimate of drug-likeness (QED) is 0.760.